The Morgan fingerprint density at radius 2 is 2.00 bits per heavy atom. The molecule has 1 atom stereocenters. The van der Waals surface area contributed by atoms with E-state index in [-0.39, 0.29) is 24.7 Å². The van der Waals surface area contributed by atoms with Gasteiger partial charge in [-0.1, -0.05) is 13.8 Å². The molecule has 0 aliphatic rings. The van der Waals surface area contributed by atoms with Crippen molar-refractivity contribution in [2.45, 2.75) is 33.3 Å². The van der Waals surface area contributed by atoms with Crippen LogP contribution in [0.1, 0.15) is 27.2 Å². The largest absolute Gasteiger partial charge is 0.541 e. The van der Waals surface area contributed by atoms with Crippen LogP contribution in [0, 0.1) is 5.41 Å². The molecule has 0 bridgehead atoms. The molecule has 0 heterocycles. The van der Waals surface area contributed by atoms with E-state index in [4.69, 9.17) is 9.47 Å². The molecular weight excluding hydrogens is 219 g/mol. The first kappa shape index (κ1) is 16.6. The van der Waals surface area contributed by atoms with Crippen LogP contribution in [0.25, 0.3) is 0 Å². The normalized spacial score (nSPS) is 13.1. The molecule has 0 fully saturated rings. The van der Waals surface area contributed by atoms with Crippen molar-refractivity contribution < 1.29 is 32.8 Å². The topological polar surface area (TPSA) is 35.5 Å². The summed E-state index contributed by atoms with van der Waals surface area (Å²) in [6.45, 7) is 6.79. The maximum absolute atomic E-state index is 10.7. The number of carbonyl (C=O) groups excluding carboxylic acids is 1. The quantitative estimate of drug-likeness (QED) is 0.631. The fraction of sp³-hybridized carbons (Fsp3) is 0.900. The monoisotopic (exact) mass is 238 g/mol. The zero-order chi connectivity index (χ0) is 10.3. The Morgan fingerprint density at radius 1 is 1.43 bits per heavy atom. The summed E-state index contributed by atoms with van der Waals surface area (Å²) in [5.74, 6) is 0. The van der Waals surface area contributed by atoms with E-state index in [9.17, 15) is 4.79 Å². The van der Waals surface area contributed by atoms with Gasteiger partial charge < -0.3 is 14.3 Å². The van der Waals surface area contributed by atoms with Crippen molar-refractivity contribution in [2.24, 2.45) is 5.41 Å². The minimum absolute atomic E-state index is 0. The molecule has 0 saturated heterocycles. The van der Waals surface area contributed by atoms with E-state index in [0.29, 0.717) is 13.2 Å². The second kappa shape index (κ2) is 8.48. The van der Waals surface area contributed by atoms with E-state index in [2.05, 4.69) is 0 Å². The smallest absolute Gasteiger partial charge is 0.0486 e. The summed E-state index contributed by atoms with van der Waals surface area (Å²) in [5, 5.41) is 0. The van der Waals surface area contributed by atoms with E-state index < -0.39 is 5.41 Å². The minimum Gasteiger partial charge on any atom is -0.541 e. The van der Waals surface area contributed by atoms with Gasteiger partial charge in [-0.05, 0) is 13.3 Å². The van der Waals surface area contributed by atoms with Gasteiger partial charge in [0.05, 0.1) is 0 Å². The molecule has 0 N–H and O–H groups in total. The summed E-state index contributed by atoms with van der Waals surface area (Å²) >= 11 is 0. The van der Waals surface area contributed by atoms with Crippen LogP contribution in [0.15, 0.2) is 0 Å². The zero-order valence-corrected chi connectivity index (χ0v) is 10.8. The van der Waals surface area contributed by atoms with Crippen molar-refractivity contribution in [1.29, 1.82) is 0 Å². The molecule has 0 aromatic rings. The van der Waals surface area contributed by atoms with Crippen molar-refractivity contribution in [1.82, 2.24) is 0 Å². The third-order valence-corrected chi connectivity index (χ3v) is 2.02. The summed E-state index contributed by atoms with van der Waals surface area (Å²) in [5.41, 5.74) is -0.547. The molecule has 0 amide bonds. The molecule has 0 unspecified atom stereocenters. The summed E-state index contributed by atoms with van der Waals surface area (Å²) in [6, 6.07) is 0. The Balaban J connectivity index is 0. The van der Waals surface area contributed by atoms with Crippen LogP contribution in [-0.4, -0.2) is 32.7 Å². The van der Waals surface area contributed by atoms with Gasteiger partial charge in [-0.3, -0.25) is 6.29 Å². The predicted octanol–water partition coefficient (Wildman–Crippen LogP) is 1.56. The van der Waals surface area contributed by atoms with Crippen LogP contribution >= 0.6 is 0 Å². The Bertz CT molecular complexity index is 148. The molecule has 4 heteroatoms. The summed E-state index contributed by atoms with van der Waals surface area (Å²) in [4.78, 5) is 10.7. The van der Waals surface area contributed by atoms with Crippen molar-refractivity contribution in [3.8, 4) is 0 Å². The Morgan fingerprint density at radius 3 is 2.36 bits per heavy atom. The van der Waals surface area contributed by atoms with Gasteiger partial charge in [-0.15, -0.1) is 5.41 Å². The number of methoxy groups -OCH3 is 1. The van der Waals surface area contributed by atoms with Crippen LogP contribution in [0.4, 0.5) is 0 Å². The molecule has 0 rings (SSSR count). The second-order valence-electron chi connectivity index (χ2n) is 3.55. The summed E-state index contributed by atoms with van der Waals surface area (Å²) in [6.07, 6.45) is 2.63. The Kier molecular flexibility index (Phi) is 10.1. The third kappa shape index (κ3) is 5.81. The molecule has 14 heavy (non-hydrogen) atoms. The Hall–Kier alpha value is 0.174. The van der Waals surface area contributed by atoms with Crippen LogP contribution in [-0.2, 0) is 32.8 Å². The van der Waals surface area contributed by atoms with Gasteiger partial charge in [0.2, 0.25) is 0 Å². The van der Waals surface area contributed by atoms with Gasteiger partial charge in [0.15, 0.2) is 0 Å². The predicted molar refractivity (Wildman–Crippen MR) is 51.4 cm³/mol. The van der Waals surface area contributed by atoms with E-state index in [1.807, 2.05) is 27.1 Å². The molecule has 0 aliphatic heterocycles. The van der Waals surface area contributed by atoms with E-state index in [1.165, 1.54) is 0 Å². The average molecular weight is 238 g/mol. The van der Waals surface area contributed by atoms with Gasteiger partial charge in [-0.25, -0.2) is 0 Å². The fourth-order valence-electron chi connectivity index (χ4n) is 1.14. The number of hydrogen-bond acceptors (Lipinski definition) is 3. The van der Waals surface area contributed by atoms with E-state index in [1.54, 1.807) is 7.11 Å². The zero-order valence-electron chi connectivity index (χ0n) is 9.37. The SMILES string of the molecule is CCO[C@@H](CCOC)C(C)(C)[C-]=O.[V]. The Labute approximate surface area is 98.4 Å². The molecule has 1 radical (unpaired) electrons. The molecule has 3 nitrogen and oxygen atoms in total. The van der Waals surface area contributed by atoms with Crippen LogP contribution in [0.2, 0.25) is 0 Å². The number of hydrogen-bond donors (Lipinski definition) is 0. The molecular formula is C10H19O3V-. The second-order valence-corrected chi connectivity index (χ2v) is 3.55. The van der Waals surface area contributed by atoms with Crippen molar-refractivity contribution in [3.63, 3.8) is 0 Å². The van der Waals surface area contributed by atoms with Gasteiger partial charge in [0, 0.05) is 45.0 Å². The molecule has 0 aromatic heterocycles. The first-order chi connectivity index (χ1) is 6.08. The fourth-order valence-corrected chi connectivity index (χ4v) is 1.14. The molecule has 0 aliphatic carbocycles. The van der Waals surface area contributed by atoms with Crippen molar-refractivity contribution in [2.75, 3.05) is 20.3 Å². The average Bonchev–Trinajstić information content (AvgIpc) is 2.12. The van der Waals surface area contributed by atoms with Crippen molar-refractivity contribution in [3.05, 3.63) is 0 Å². The molecule has 83 valence electrons. The molecule has 0 saturated carbocycles. The van der Waals surface area contributed by atoms with E-state index >= 15 is 0 Å². The van der Waals surface area contributed by atoms with Gasteiger partial charge in [-0.2, -0.15) is 0 Å². The third-order valence-electron chi connectivity index (χ3n) is 2.02. The number of rotatable bonds is 7. The maximum Gasteiger partial charge on any atom is 0.0486 e. The minimum atomic E-state index is -0.547. The molecule has 0 spiro atoms. The first-order valence-corrected chi connectivity index (χ1v) is 4.58. The maximum atomic E-state index is 10.7. The first-order valence-electron chi connectivity index (χ1n) is 4.58. The van der Waals surface area contributed by atoms with Crippen LogP contribution in [0.5, 0.6) is 0 Å². The van der Waals surface area contributed by atoms with Gasteiger partial charge in [0.25, 0.3) is 0 Å². The number of ether oxygens (including phenoxy) is 2. The summed E-state index contributed by atoms with van der Waals surface area (Å²) in [7, 11) is 1.64. The molecule has 0 aromatic carbocycles. The summed E-state index contributed by atoms with van der Waals surface area (Å²) < 4.78 is 10.4. The van der Waals surface area contributed by atoms with Gasteiger partial charge >= 0.3 is 0 Å². The van der Waals surface area contributed by atoms with Crippen LogP contribution < -0.4 is 0 Å². The standard InChI is InChI=1S/C10H19O3.V/c1-5-13-9(6-7-12-4)10(2,3)8-11;/h9H,5-7H2,1-4H3;/q-1;/t9-;/m0./s1. The van der Waals surface area contributed by atoms with Crippen LogP contribution in [0.3, 0.4) is 0 Å². The van der Waals surface area contributed by atoms with Crippen molar-refractivity contribution >= 4 is 6.29 Å². The van der Waals surface area contributed by atoms with E-state index in [0.717, 1.165) is 6.42 Å². The van der Waals surface area contributed by atoms with Gasteiger partial charge in [0.1, 0.15) is 0 Å².